The number of nitrogens with zero attached hydrogens (tertiary/aromatic N) is 1. The zero-order valence-corrected chi connectivity index (χ0v) is 8.79. The van der Waals surface area contributed by atoms with Crippen molar-refractivity contribution in [2.24, 2.45) is 0 Å². The molecule has 0 spiro atoms. The maximum Gasteiger partial charge on any atom is 0.179 e. The van der Waals surface area contributed by atoms with Crippen LogP contribution in [-0.4, -0.2) is 30.3 Å². The highest BCUT2D eigenvalue weighted by atomic mass is 19.1. The largest absolute Gasteiger partial charge is 0.486 e. The molecule has 0 aliphatic heterocycles. The lowest BCUT2D eigenvalue weighted by Crippen LogP contribution is -2.06. The van der Waals surface area contributed by atoms with Crippen LogP contribution in [0.1, 0.15) is 0 Å². The summed E-state index contributed by atoms with van der Waals surface area (Å²) in [4.78, 5) is 6.77. The molecule has 2 rings (SSSR count). The Kier molecular flexibility index (Phi) is 2.91. The Morgan fingerprint density at radius 2 is 2.31 bits per heavy atom. The third kappa shape index (κ3) is 1.79. The number of nitrogens with one attached hydrogen (secondary N) is 1. The van der Waals surface area contributed by atoms with E-state index in [1.54, 1.807) is 7.11 Å². The fraction of sp³-hybridized carbons (Fsp3) is 0.300. The average molecular weight is 225 g/mol. The Bertz CT molecular complexity index is 498. The van der Waals surface area contributed by atoms with E-state index in [0.717, 1.165) is 0 Å². The zero-order chi connectivity index (χ0) is 11.5. The number of aromatic amines is 1. The van der Waals surface area contributed by atoms with Gasteiger partial charge in [0.25, 0.3) is 0 Å². The lowest BCUT2D eigenvalue weighted by Gasteiger charge is -2.06. The van der Waals surface area contributed by atoms with Gasteiger partial charge in [-0.25, -0.2) is 9.37 Å². The summed E-state index contributed by atoms with van der Waals surface area (Å²) < 4.78 is 23.9. The molecule has 0 aliphatic carbocycles. The lowest BCUT2D eigenvalue weighted by atomic mass is 10.3. The van der Waals surface area contributed by atoms with Gasteiger partial charge >= 0.3 is 0 Å². The fourth-order valence-corrected chi connectivity index (χ4v) is 1.40. The molecule has 0 bridgehead atoms. The third-order valence-corrected chi connectivity index (χ3v) is 2.18. The first-order valence-corrected chi connectivity index (χ1v) is 4.77. The summed E-state index contributed by atoms with van der Waals surface area (Å²) >= 11 is 0. The highest BCUT2D eigenvalue weighted by Crippen LogP contribution is 2.28. The molecule has 0 unspecified atom stereocenters. The molecule has 0 radical (unpaired) electrons. The van der Waals surface area contributed by atoms with Crippen molar-refractivity contribution < 1.29 is 13.9 Å². The summed E-state index contributed by atoms with van der Waals surface area (Å²) in [6.45, 7) is 0.658. The van der Waals surface area contributed by atoms with E-state index in [-0.39, 0.29) is 17.7 Å². The van der Waals surface area contributed by atoms with Gasteiger partial charge in [0, 0.05) is 13.3 Å². The summed E-state index contributed by atoms with van der Waals surface area (Å²) in [7, 11) is 1.55. The van der Waals surface area contributed by atoms with Crippen LogP contribution in [0.4, 0.5) is 10.1 Å². The summed E-state index contributed by atoms with van der Waals surface area (Å²) in [6.07, 6.45) is 2.82. The molecule has 0 saturated carbocycles. The van der Waals surface area contributed by atoms with Crippen LogP contribution in [0.2, 0.25) is 0 Å². The molecule has 0 aromatic carbocycles. The van der Waals surface area contributed by atoms with Crippen molar-refractivity contribution in [1.82, 2.24) is 9.97 Å². The molecule has 0 saturated heterocycles. The summed E-state index contributed by atoms with van der Waals surface area (Å²) in [6, 6.07) is 0. The molecule has 5 nitrogen and oxygen atoms in total. The molecule has 2 aromatic rings. The first-order valence-electron chi connectivity index (χ1n) is 4.77. The molecule has 6 heteroatoms. The van der Waals surface area contributed by atoms with Gasteiger partial charge in [0.05, 0.1) is 23.9 Å². The fourth-order valence-electron chi connectivity index (χ4n) is 1.40. The molecule has 0 atom stereocenters. The lowest BCUT2D eigenvalue weighted by molar-refractivity contribution is 0.144. The smallest absolute Gasteiger partial charge is 0.179 e. The summed E-state index contributed by atoms with van der Waals surface area (Å²) in [5.41, 5.74) is 6.34. The van der Waals surface area contributed by atoms with Crippen molar-refractivity contribution in [2.45, 2.75) is 0 Å². The Labute approximate surface area is 91.4 Å². The molecule has 0 fully saturated rings. The van der Waals surface area contributed by atoms with Crippen LogP contribution in [0.5, 0.6) is 5.75 Å². The maximum atomic E-state index is 13.9. The second-order valence-electron chi connectivity index (χ2n) is 3.25. The SMILES string of the molecule is COCCOc1cnc2[nH]cc(N)c2c1F. The van der Waals surface area contributed by atoms with E-state index in [9.17, 15) is 4.39 Å². The quantitative estimate of drug-likeness (QED) is 0.769. The molecule has 2 aromatic heterocycles. The van der Waals surface area contributed by atoms with E-state index in [2.05, 4.69) is 9.97 Å². The molecule has 0 aliphatic rings. The van der Waals surface area contributed by atoms with Crippen molar-refractivity contribution in [3.8, 4) is 5.75 Å². The van der Waals surface area contributed by atoms with Crippen LogP contribution in [0.15, 0.2) is 12.4 Å². The molecule has 16 heavy (non-hydrogen) atoms. The van der Waals surface area contributed by atoms with Gasteiger partial charge in [-0.05, 0) is 0 Å². The molecule has 86 valence electrons. The normalized spacial score (nSPS) is 10.9. The molecule has 2 heterocycles. The summed E-state index contributed by atoms with van der Waals surface area (Å²) in [5, 5.41) is 0.259. The van der Waals surface area contributed by atoms with Gasteiger partial charge < -0.3 is 20.2 Å². The number of nitrogens with two attached hydrogens (primary N) is 1. The minimum Gasteiger partial charge on any atom is -0.486 e. The Morgan fingerprint density at radius 3 is 3.06 bits per heavy atom. The van der Waals surface area contributed by atoms with Crippen molar-refractivity contribution in [2.75, 3.05) is 26.1 Å². The van der Waals surface area contributed by atoms with Crippen LogP contribution >= 0.6 is 0 Å². The number of methoxy groups -OCH3 is 1. The Hall–Kier alpha value is -1.82. The first-order chi connectivity index (χ1) is 7.74. The zero-order valence-electron chi connectivity index (χ0n) is 8.79. The van der Waals surface area contributed by atoms with Gasteiger partial charge in [-0.3, -0.25) is 0 Å². The van der Waals surface area contributed by atoms with Crippen molar-refractivity contribution in [3.05, 3.63) is 18.2 Å². The molecule has 0 amide bonds. The maximum absolute atomic E-state index is 13.9. The molecule has 3 N–H and O–H groups in total. The number of nitrogen functional groups attached to an aromatic ring is 1. The van der Waals surface area contributed by atoms with Gasteiger partial charge in [0.15, 0.2) is 11.6 Å². The second kappa shape index (κ2) is 4.36. The Morgan fingerprint density at radius 1 is 1.50 bits per heavy atom. The van der Waals surface area contributed by atoms with E-state index in [0.29, 0.717) is 17.9 Å². The Balaban J connectivity index is 2.32. The van der Waals surface area contributed by atoms with Crippen LogP contribution in [0.25, 0.3) is 11.0 Å². The molecular weight excluding hydrogens is 213 g/mol. The number of hydrogen-bond donors (Lipinski definition) is 2. The van der Waals surface area contributed by atoms with Gasteiger partial charge in [-0.1, -0.05) is 0 Å². The van der Waals surface area contributed by atoms with Gasteiger partial charge in [-0.2, -0.15) is 0 Å². The third-order valence-electron chi connectivity index (χ3n) is 2.18. The number of H-pyrrole nitrogens is 1. The standard InChI is InChI=1S/C10H12FN3O2/c1-15-2-3-16-7-5-14-10-8(9(7)11)6(12)4-13-10/h4-5H,2-3,12H2,1H3,(H,13,14). The average Bonchev–Trinajstić information content (AvgIpc) is 2.65. The number of aromatic nitrogens is 2. The second-order valence-corrected chi connectivity index (χ2v) is 3.25. The van der Waals surface area contributed by atoms with Crippen LogP contribution < -0.4 is 10.5 Å². The van der Waals surface area contributed by atoms with Crippen LogP contribution in [0, 0.1) is 5.82 Å². The highest BCUT2D eigenvalue weighted by molar-refractivity contribution is 5.90. The van der Waals surface area contributed by atoms with E-state index in [4.69, 9.17) is 15.2 Å². The molecular formula is C10H12FN3O2. The number of halogens is 1. The van der Waals surface area contributed by atoms with Crippen molar-refractivity contribution in [1.29, 1.82) is 0 Å². The number of rotatable bonds is 4. The number of fused-ring (bicyclic) bond motifs is 1. The number of anilines is 1. The van der Waals surface area contributed by atoms with E-state index in [1.165, 1.54) is 12.4 Å². The van der Waals surface area contributed by atoms with Gasteiger partial charge in [0.2, 0.25) is 0 Å². The number of pyridine rings is 1. The monoisotopic (exact) mass is 225 g/mol. The van der Waals surface area contributed by atoms with Crippen LogP contribution in [-0.2, 0) is 4.74 Å². The minimum atomic E-state index is -0.500. The topological polar surface area (TPSA) is 73.2 Å². The van der Waals surface area contributed by atoms with Gasteiger partial charge in [-0.15, -0.1) is 0 Å². The predicted octanol–water partition coefficient (Wildman–Crippen LogP) is 1.31. The van der Waals surface area contributed by atoms with Crippen LogP contribution in [0.3, 0.4) is 0 Å². The number of hydrogen-bond acceptors (Lipinski definition) is 4. The van der Waals surface area contributed by atoms with E-state index in [1.807, 2.05) is 0 Å². The van der Waals surface area contributed by atoms with E-state index >= 15 is 0 Å². The van der Waals surface area contributed by atoms with Crippen molar-refractivity contribution >= 4 is 16.7 Å². The highest BCUT2D eigenvalue weighted by Gasteiger charge is 2.13. The van der Waals surface area contributed by atoms with Gasteiger partial charge in [0.1, 0.15) is 12.3 Å². The van der Waals surface area contributed by atoms with E-state index < -0.39 is 5.82 Å². The van der Waals surface area contributed by atoms with Crippen molar-refractivity contribution in [3.63, 3.8) is 0 Å². The minimum absolute atomic E-state index is 0.0795. The number of ether oxygens (including phenoxy) is 2. The predicted molar refractivity (Wildman–Crippen MR) is 57.8 cm³/mol. The first kappa shape index (κ1) is 10.7. The summed E-state index contributed by atoms with van der Waals surface area (Å²) in [5.74, 6) is -0.421.